The number of benzene rings is 3. The number of primary sulfonamides is 1. The third-order valence-corrected chi connectivity index (χ3v) is 5.37. The average molecular weight is 409 g/mol. The van der Waals surface area contributed by atoms with Gasteiger partial charge in [0, 0.05) is 11.1 Å². The van der Waals surface area contributed by atoms with Crippen molar-refractivity contribution in [3.05, 3.63) is 84.7 Å². The van der Waals surface area contributed by atoms with Crippen molar-refractivity contribution in [3.8, 4) is 34.0 Å². The summed E-state index contributed by atoms with van der Waals surface area (Å²) in [5.74, 6) is -0.286. The van der Waals surface area contributed by atoms with Crippen LogP contribution in [0.5, 0.6) is 5.75 Å². The molecule has 3 N–H and O–H groups in total. The number of para-hydroxylation sites is 1. The molecular formula is C21H16FN3O3S. The van der Waals surface area contributed by atoms with Gasteiger partial charge in [-0.25, -0.2) is 22.6 Å². The van der Waals surface area contributed by atoms with Crippen molar-refractivity contribution in [2.45, 2.75) is 4.90 Å². The second kappa shape index (κ2) is 7.16. The van der Waals surface area contributed by atoms with Gasteiger partial charge in [-0.2, -0.15) is 5.10 Å². The Morgan fingerprint density at radius 3 is 2.21 bits per heavy atom. The van der Waals surface area contributed by atoms with Crippen molar-refractivity contribution in [2.75, 3.05) is 0 Å². The fourth-order valence-corrected chi connectivity index (χ4v) is 3.52. The predicted octanol–water partition coefficient (Wildman–Crippen LogP) is 3.70. The molecule has 29 heavy (non-hydrogen) atoms. The Hall–Kier alpha value is -3.49. The number of nitrogens with zero attached hydrogens (tertiary/aromatic N) is 2. The van der Waals surface area contributed by atoms with Crippen molar-refractivity contribution in [1.82, 2.24) is 9.78 Å². The van der Waals surface area contributed by atoms with Crippen LogP contribution in [0.15, 0.2) is 83.8 Å². The molecular weight excluding hydrogens is 393 g/mol. The van der Waals surface area contributed by atoms with Crippen LogP contribution in [0.4, 0.5) is 4.39 Å². The Balaban J connectivity index is 1.89. The van der Waals surface area contributed by atoms with Crippen molar-refractivity contribution in [2.24, 2.45) is 5.14 Å². The van der Waals surface area contributed by atoms with Crippen molar-refractivity contribution >= 4 is 10.0 Å². The topological polar surface area (TPSA) is 98.2 Å². The lowest BCUT2D eigenvalue weighted by molar-refractivity contribution is 0.477. The van der Waals surface area contributed by atoms with Gasteiger partial charge in [-0.05, 0) is 66.7 Å². The van der Waals surface area contributed by atoms with Gasteiger partial charge in [0.2, 0.25) is 10.0 Å². The van der Waals surface area contributed by atoms with E-state index in [1.807, 2.05) is 0 Å². The van der Waals surface area contributed by atoms with Crippen LogP contribution in [-0.4, -0.2) is 23.3 Å². The molecule has 1 aromatic heterocycles. The van der Waals surface area contributed by atoms with Gasteiger partial charge in [-0.1, -0.05) is 12.1 Å². The number of hydrogen-bond donors (Lipinski definition) is 2. The van der Waals surface area contributed by atoms with E-state index in [1.54, 1.807) is 59.3 Å². The summed E-state index contributed by atoms with van der Waals surface area (Å²) in [5.41, 5.74) is 2.98. The molecule has 0 atom stereocenters. The van der Waals surface area contributed by atoms with Gasteiger partial charge in [0.05, 0.1) is 22.0 Å². The Morgan fingerprint density at radius 2 is 1.59 bits per heavy atom. The second-order valence-electron chi connectivity index (χ2n) is 6.39. The first-order chi connectivity index (χ1) is 13.8. The van der Waals surface area contributed by atoms with Crippen LogP contribution in [0.25, 0.3) is 28.2 Å². The zero-order valence-electron chi connectivity index (χ0n) is 15.0. The van der Waals surface area contributed by atoms with E-state index < -0.39 is 10.0 Å². The zero-order valence-corrected chi connectivity index (χ0v) is 15.8. The molecule has 0 saturated heterocycles. The molecule has 1 heterocycles. The van der Waals surface area contributed by atoms with Crippen molar-refractivity contribution in [1.29, 1.82) is 0 Å². The molecule has 4 aromatic rings. The number of rotatable bonds is 4. The first-order valence-electron chi connectivity index (χ1n) is 8.60. The van der Waals surface area contributed by atoms with Crippen LogP contribution in [0.2, 0.25) is 0 Å². The van der Waals surface area contributed by atoms with Gasteiger partial charge in [-0.3, -0.25) is 0 Å². The number of hydrogen-bond acceptors (Lipinski definition) is 4. The number of sulfonamides is 1. The Labute approximate surface area is 166 Å². The highest BCUT2D eigenvalue weighted by atomic mass is 32.2. The molecule has 0 aliphatic carbocycles. The normalized spacial score (nSPS) is 11.5. The summed E-state index contributed by atoms with van der Waals surface area (Å²) in [6.07, 6.45) is 0. The van der Waals surface area contributed by atoms with E-state index >= 15 is 0 Å². The second-order valence-corrected chi connectivity index (χ2v) is 7.95. The largest absolute Gasteiger partial charge is 0.507 e. The predicted molar refractivity (Wildman–Crippen MR) is 107 cm³/mol. The van der Waals surface area contributed by atoms with Gasteiger partial charge in [0.1, 0.15) is 11.6 Å². The van der Waals surface area contributed by atoms with E-state index in [9.17, 15) is 17.9 Å². The van der Waals surface area contributed by atoms with Crippen LogP contribution < -0.4 is 5.14 Å². The molecule has 146 valence electrons. The molecule has 0 aliphatic rings. The van der Waals surface area contributed by atoms with Gasteiger partial charge in [0.15, 0.2) is 0 Å². The summed E-state index contributed by atoms with van der Waals surface area (Å²) < 4.78 is 38.0. The molecule has 8 heteroatoms. The number of aromatic hydroxyl groups is 1. The first kappa shape index (κ1) is 18.9. The molecule has 0 saturated carbocycles. The summed E-state index contributed by atoms with van der Waals surface area (Å²) in [6.45, 7) is 0. The van der Waals surface area contributed by atoms with Crippen LogP contribution in [0.1, 0.15) is 0 Å². The number of phenols is 1. The molecule has 0 amide bonds. The third kappa shape index (κ3) is 3.75. The van der Waals surface area contributed by atoms with Crippen LogP contribution in [-0.2, 0) is 10.0 Å². The minimum absolute atomic E-state index is 0.0161. The summed E-state index contributed by atoms with van der Waals surface area (Å²) in [4.78, 5) is -0.0161. The monoisotopic (exact) mass is 409 g/mol. The SMILES string of the molecule is NS(=O)(=O)c1ccc(-n2nc(-c3ccccc3O)cc2-c2ccc(F)cc2)cc1. The summed E-state index contributed by atoms with van der Waals surface area (Å²) >= 11 is 0. The highest BCUT2D eigenvalue weighted by Crippen LogP contribution is 2.33. The van der Waals surface area contributed by atoms with E-state index in [0.717, 1.165) is 0 Å². The number of phenolic OH excluding ortho intramolecular Hbond substituents is 1. The van der Waals surface area contributed by atoms with E-state index in [2.05, 4.69) is 5.10 Å². The molecule has 6 nitrogen and oxygen atoms in total. The van der Waals surface area contributed by atoms with E-state index in [4.69, 9.17) is 5.14 Å². The third-order valence-electron chi connectivity index (χ3n) is 4.44. The fraction of sp³-hybridized carbons (Fsp3) is 0. The minimum atomic E-state index is -3.82. The van der Waals surface area contributed by atoms with Crippen LogP contribution in [0.3, 0.4) is 0 Å². The van der Waals surface area contributed by atoms with Crippen LogP contribution >= 0.6 is 0 Å². The zero-order chi connectivity index (χ0) is 20.6. The Morgan fingerprint density at radius 1 is 0.931 bits per heavy atom. The summed E-state index contributed by atoms with van der Waals surface area (Å²) in [5, 5.41) is 19.9. The van der Waals surface area contributed by atoms with Gasteiger partial charge in [-0.15, -0.1) is 0 Å². The Kier molecular flexibility index (Phi) is 4.65. The van der Waals surface area contributed by atoms with Crippen molar-refractivity contribution < 1.29 is 17.9 Å². The Bertz CT molecular complexity index is 1280. The molecule has 4 rings (SSSR count). The van der Waals surface area contributed by atoms with Gasteiger partial charge >= 0.3 is 0 Å². The molecule has 0 radical (unpaired) electrons. The maximum absolute atomic E-state index is 13.4. The lowest BCUT2D eigenvalue weighted by Crippen LogP contribution is -2.12. The number of halogens is 1. The van der Waals surface area contributed by atoms with E-state index in [-0.39, 0.29) is 16.5 Å². The summed E-state index contributed by atoms with van der Waals surface area (Å²) in [6, 6.07) is 20.4. The molecule has 0 unspecified atom stereocenters. The summed E-state index contributed by atoms with van der Waals surface area (Å²) in [7, 11) is -3.82. The maximum atomic E-state index is 13.4. The number of aromatic nitrogens is 2. The lowest BCUT2D eigenvalue weighted by atomic mass is 10.1. The van der Waals surface area contributed by atoms with Crippen LogP contribution in [0, 0.1) is 5.82 Å². The smallest absolute Gasteiger partial charge is 0.238 e. The highest BCUT2D eigenvalue weighted by molar-refractivity contribution is 7.89. The number of nitrogens with two attached hydrogens (primary N) is 1. The molecule has 3 aromatic carbocycles. The molecule has 0 fully saturated rings. The lowest BCUT2D eigenvalue weighted by Gasteiger charge is -2.08. The maximum Gasteiger partial charge on any atom is 0.238 e. The van der Waals surface area contributed by atoms with E-state index in [0.29, 0.717) is 28.2 Å². The minimum Gasteiger partial charge on any atom is -0.507 e. The van der Waals surface area contributed by atoms with Gasteiger partial charge < -0.3 is 5.11 Å². The molecule has 0 aliphatic heterocycles. The van der Waals surface area contributed by atoms with E-state index in [1.165, 1.54) is 24.3 Å². The quantitative estimate of drug-likeness (QED) is 0.537. The highest BCUT2D eigenvalue weighted by Gasteiger charge is 2.16. The first-order valence-corrected chi connectivity index (χ1v) is 10.2. The standard InChI is InChI=1S/C21H16FN3O3S/c22-15-7-5-14(6-8-15)20-13-19(18-3-1-2-4-21(18)26)24-25(20)16-9-11-17(12-10-16)29(23,27)28/h1-13,26H,(H2,23,27,28). The average Bonchev–Trinajstić information content (AvgIpc) is 3.13. The molecule has 0 bridgehead atoms. The van der Waals surface area contributed by atoms with Gasteiger partial charge in [0.25, 0.3) is 0 Å². The molecule has 0 spiro atoms. The fourth-order valence-electron chi connectivity index (χ4n) is 3.00. The van der Waals surface area contributed by atoms with Crippen molar-refractivity contribution in [3.63, 3.8) is 0 Å².